The van der Waals surface area contributed by atoms with Crippen molar-refractivity contribution < 1.29 is 4.74 Å². The lowest BCUT2D eigenvalue weighted by Gasteiger charge is -2.09. The van der Waals surface area contributed by atoms with E-state index in [0.29, 0.717) is 18.8 Å². The standard InChI is InChI=1S/C19H21N3O2/c1-2-8-24-18-10-19(23)20-12-17(18)9-16-11-21-22(14-16)13-15-6-4-3-5-7-15/h3-7,10-12,14H,2,8-9,13H2,1H3,(H,20,23). The van der Waals surface area contributed by atoms with E-state index >= 15 is 0 Å². The van der Waals surface area contributed by atoms with Gasteiger partial charge < -0.3 is 9.72 Å². The maximum atomic E-state index is 11.5. The molecule has 3 rings (SSSR count). The number of benzene rings is 1. The molecule has 0 saturated carbocycles. The molecule has 2 heterocycles. The van der Waals surface area contributed by atoms with E-state index in [1.54, 1.807) is 6.20 Å². The summed E-state index contributed by atoms with van der Waals surface area (Å²) in [7, 11) is 0. The van der Waals surface area contributed by atoms with Gasteiger partial charge in [0.25, 0.3) is 5.56 Å². The molecule has 0 aliphatic rings. The number of pyridine rings is 1. The molecular weight excluding hydrogens is 302 g/mol. The third-order valence-corrected chi connectivity index (χ3v) is 3.70. The van der Waals surface area contributed by atoms with E-state index < -0.39 is 0 Å². The Morgan fingerprint density at radius 1 is 1.21 bits per heavy atom. The number of aromatic amines is 1. The van der Waals surface area contributed by atoms with Crippen molar-refractivity contribution in [3.05, 3.63) is 82.0 Å². The highest BCUT2D eigenvalue weighted by atomic mass is 16.5. The van der Waals surface area contributed by atoms with Crippen LogP contribution in [0.5, 0.6) is 5.75 Å². The number of hydrogen-bond acceptors (Lipinski definition) is 3. The molecule has 0 aliphatic heterocycles. The lowest BCUT2D eigenvalue weighted by atomic mass is 10.1. The molecule has 5 heteroatoms. The average Bonchev–Trinajstić information content (AvgIpc) is 3.03. The minimum absolute atomic E-state index is 0.148. The normalized spacial score (nSPS) is 10.7. The van der Waals surface area contributed by atoms with E-state index in [1.165, 1.54) is 11.6 Å². The summed E-state index contributed by atoms with van der Waals surface area (Å²) in [5.74, 6) is 0.649. The first-order valence-electron chi connectivity index (χ1n) is 8.14. The minimum atomic E-state index is -0.148. The molecule has 0 amide bonds. The first-order valence-corrected chi connectivity index (χ1v) is 8.14. The maximum absolute atomic E-state index is 11.5. The van der Waals surface area contributed by atoms with Gasteiger partial charge >= 0.3 is 0 Å². The fourth-order valence-corrected chi connectivity index (χ4v) is 2.54. The number of aromatic nitrogens is 3. The highest BCUT2D eigenvalue weighted by Crippen LogP contribution is 2.19. The first-order chi connectivity index (χ1) is 11.7. The summed E-state index contributed by atoms with van der Waals surface area (Å²) >= 11 is 0. The van der Waals surface area contributed by atoms with Crippen LogP contribution in [0.1, 0.15) is 30.0 Å². The van der Waals surface area contributed by atoms with Crippen molar-refractivity contribution >= 4 is 0 Å². The van der Waals surface area contributed by atoms with Gasteiger partial charge in [-0.3, -0.25) is 9.48 Å². The third-order valence-electron chi connectivity index (χ3n) is 3.70. The van der Waals surface area contributed by atoms with Crippen LogP contribution in [0.4, 0.5) is 0 Å². The van der Waals surface area contributed by atoms with Gasteiger partial charge in [0.1, 0.15) is 5.75 Å². The molecular formula is C19H21N3O2. The average molecular weight is 323 g/mol. The zero-order valence-corrected chi connectivity index (χ0v) is 13.7. The Labute approximate surface area is 140 Å². The quantitative estimate of drug-likeness (QED) is 0.727. The van der Waals surface area contributed by atoms with Crippen molar-refractivity contribution in [3.8, 4) is 5.75 Å². The van der Waals surface area contributed by atoms with Crippen molar-refractivity contribution in [2.75, 3.05) is 6.61 Å². The van der Waals surface area contributed by atoms with Crippen LogP contribution in [0.25, 0.3) is 0 Å². The summed E-state index contributed by atoms with van der Waals surface area (Å²) in [6.45, 7) is 3.38. The highest BCUT2D eigenvalue weighted by molar-refractivity contribution is 5.34. The van der Waals surface area contributed by atoms with Crippen molar-refractivity contribution in [2.24, 2.45) is 0 Å². The lowest BCUT2D eigenvalue weighted by molar-refractivity contribution is 0.314. The molecule has 0 fully saturated rings. The number of H-pyrrole nitrogens is 1. The second-order valence-electron chi connectivity index (χ2n) is 5.74. The molecule has 1 aromatic carbocycles. The molecule has 0 saturated heterocycles. The molecule has 1 N–H and O–H groups in total. The zero-order valence-electron chi connectivity index (χ0n) is 13.7. The van der Waals surface area contributed by atoms with Gasteiger partial charge in [-0.2, -0.15) is 5.10 Å². The molecule has 0 unspecified atom stereocenters. The van der Waals surface area contributed by atoms with Crippen LogP contribution in [-0.4, -0.2) is 21.4 Å². The monoisotopic (exact) mass is 323 g/mol. The van der Waals surface area contributed by atoms with Gasteiger partial charge in [-0.05, 0) is 17.5 Å². The number of hydrogen-bond donors (Lipinski definition) is 1. The highest BCUT2D eigenvalue weighted by Gasteiger charge is 2.08. The van der Waals surface area contributed by atoms with Gasteiger partial charge in [0.2, 0.25) is 0 Å². The molecule has 0 aliphatic carbocycles. The van der Waals surface area contributed by atoms with Gasteiger partial charge in [-0.25, -0.2) is 0 Å². The van der Waals surface area contributed by atoms with Crippen LogP contribution < -0.4 is 10.3 Å². The molecule has 3 aromatic rings. The smallest absolute Gasteiger partial charge is 0.251 e. The summed E-state index contributed by atoms with van der Waals surface area (Å²) in [6, 6.07) is 11.7. The fraction of sp³-hybridized carbons (Fsp3) is 0.263. The second kappa shape index (κ2) is 7.64. The molecule has 124 valence electrons. The van der Waals surface area contributed by atoms with E-state index in [0.717, 1.165) is 24.1 Å². The van der Waals surface area contributed by atoms with E-state index in [4.69, 9.17) is 4.74 Å². The Kier molecular flexibility index (Phi) is 5.11. The Hall–Kier alpha value is -2.82. The predicted molar refractivity (Wildman–Crippen MR) is 93.4 cm³/mol. The lowest BCUT2D eigenvalue weighted by Crippen LogP contribution is -2.08. The number of nitrogens with zero attached hydrogens (tertiary/aromatic N) is 2. The Morgan fingerprint density at radius 3 is 2.83 bits per heavy atom. The maximum Gasteiger partial charge on any atom is 0.251 e. The summed E-state index contributed by atoms with van der Waals surface area (Å²) in [5.41, 5.74) is 3.11. The summed E-state index contributed by atoms with van der Waals surface area (Å²) in [5, 5.41) is 4.42. The Bertz CT molecular complexity index is 837. The number of rotatable bonds is 7. The van der Waals surface area contributed by atoms with Crippen LogP contribution in [0.15, 0.2) is 59.8 Å². The van der Waals surface area contributed by atoms with E-state index in [2.05, 4.69) is 22.2 Å². The van der Waals surface area contributed by atoms with E-state index in [9.17, 15) is 4.79 Å². The van der Waals surface area contributed by atoms with Crippen LogP contribution in [-0.2, 0) is 13.0 Å². The Balaban J connectivity index is 1.74. The number of nitrogens with one attached hydrogen (secondary N) is 1. The number of ether oxygens (including phenoxy) is 1. The first kappa shape index (κ1) is 16.1. The van der Waals surface area contributed by atoms with Crippen molar-refractivity contribution in [1.29, 1.82) is 0 Å². The largest absolute Gasteiger partial charge is 0.493 e. The molecule has 24 heavy (non-hydrogen) atoms. The molecule has 0 bridgehead atoms. The van der Waals surface area contributed by atoms with E-state index in [1.807, 2.05) is 42.2 Å². The molecule has 0 radical (unpaired) electrons. The van der Waals surface area contributed by atoms with Crippen molar-refractivity contribution in [3.63, 3.8) is 0 Å². The molecule has 5 nitrogen and oxygen atoms in total. The second-order valence-corrected chi connectivity index (χ2v) is 5.74. The third kappa shape index (κ3) is 4.13. The summed E-state index contributed by atoms with van der Waals surface area (Å²) in [4.78, 5) is 14.2. The molecule has 0 spiro atoms. The fourth-order valence-electron chi connectivity index (χ4n) is 2.54. The molecule has 0 atom stereocenters. The summed E-state index contributed by atoms with van der Waals surface area (Å²) in [6.07, 6.45) is 7.19. The zero-order chi connectivity index (χ0) is 16.8. The van der Waals surface area contributed by atoms with Crippen LogP contribution in [0.2, 0.25) is 0 Å². The summed E-state index contributed by atoms with van der Waals surface area (Å²) < 4.78 is 7.61. The van der Waals surface area contributed by atoms with Gasteiger partial charge in [-0.1, -0.05) is 37.3 Å². The Morgan fingerprint density at radius 2 is 2.04 bits per heavy atom. The van der Waals surface area contributed by atoms with E-state index in [-0.39, 0.29) is 5.56 Å². The topological polar surface area (TPSA) is 59.9 Å². The van der Waals surface area contributed by atoms with Gasteiger partial charge in [0.05, 0.1) is 19.3 Å². The SMILES string of the molecule is CCCOc1cc(=O)[nH]cc1Cc1cnn(Cc2ccccc2)c1. The minimum Gasteiger partial charge on any atom is -0.493 e. The van der Waals surface area contributed by atoms with Gasteiger partial charge in [-0.15, -0.1) is 0 Å². The van der Waals surface area contributed by atoms with Crippen LogP contribution >= 0.6 is 0 Å². The predicted octanol–water partition coefficient (Wildman–Crippen LogP) is 3.00. The van der Waals surface area contributed by atoms with Gasteiger partial charge in [0.15, 0.2) is 0 Å². The van der Waals surface area contributed by atoms with Crippen molar-refractivity contribution in [2.45, 2.75) is 26.3 Å². The van der Waals surface area contributed by atoms with Crippen LogP contribution in [0, 0.1) is 0 Å². The molecule has 2 aromatic heterocycles. The van der Waals surface area contributed by atoms with Crippen LogP contribution in [0.3, 0.4) is 0 Å². The van der Waals surface area contributed by atoms with Gasteiger partial charge in [0, 0.05) is 30.4 Å². The van der Waals surface area contributed by atoms with Crippen molar-refractivity contribution in [1.82, 2.24) is 14.8 Å².